The van der Waals surface area contributed by atoms with Gasteiger partial charge in [-0.1, -0.05) is 127 Å². The fourth-order valence-corrected chi connectivity index (χ4v) is 5.06. The maximum atomic E-state index is 5.97. The van der Waals surface area contributed by atoms with Crippen LogP contribution >= 0.6 is 0 Å². The molecular weight excluding hydrogens is 388 g/mol. The van der Waals surface area contributed by atoms with Crippen molar-refractivity contribution in [2.45, 2.75) is 110 Å². The summed E-state index contributed by atoms with van der Waals surface area (Å²) >= 11 is 0. The van der Waals surface area contributed by atoms with Crippen LogP contribution < -0.4 is 4.74 Å². The maximum Gasteiger partial charge on any atom is 0.119 e. The van der Waals surface area contributed by atoms with E-state index in [2.05, 4.69) is 55.5 Å². The van der Waals surface area contributed by atoms with E-state index in [0.717, 1.165) is 18.3 Å². The van der Waals surface area contributed by atoms with Crippen molar-refractivity contribution in [1.82, 2.24) is 0 Å². The summed E-state index contributed by atoms with van der Waals surface area (Å²) in [5.41, 5.74) is 4.07. The summed E-state index contributed by atoms with van der Waals surface area (Å²) in [6.07, 6.45) is 22.0. The van der Waals surface area contributed by atoms with Crippen molar-refractivity contribution >= 4 is 0 Å². The molecule has 176 valence electrons. The first kappa shape index (κ1) is 24.9. The third-order valence-corrected chi connectivity index (χ3v) is 7.22. The second-order valence-corrected chi connectivity index (χ2v) is 9.94. The number of hydrogen-bond donors (Lipinski definition) is 0. The van der Waals surface area contributed by atoms with Gasteiger partial charge < -0.3 is 4.74 Å². The second kappa shape index (κ2) is 15.1. The lowest BCUT2D eigenvalue weighted by molar-refractivity contribution is 0.304. The first-order valence-electron chi connectivity index (χ1n) is 13.7. The Balaban J connectivity index is 1.30. The van der Waals surface area contributed by atoms with E-state index in [1.54, 1.807) is 0 Å². The zero-order valence-corrected chi connectivity index (χ0v) is 20.6. The van der Waals surface area contributed by atoms with E-state index in [0.29, 0.717) is 0 Å². The SMILES string of the molecule is CCCCCCCCCCCOc1ccc(-c2ccc(CCC3CCCCC3)cc2)cc1. The van der Waals surface area contributed by atoms with Gasteiger partial charge in [-0.3, -0.25) is 0 Å². The van der Waals surface area contributed by atoms with Crippen molar-refractivity contribution in [3.8, 4) is 16.9 Å². The van der Waals surface area contributed by atoms with E-state index in [4.69, 9.17) is 4.74 Å². The molecule has 0 aromatic heterocycles. The summed E-state index contributed by atoms with van der Waals surface area (Å²) in [4.78, 5) is 0. The number of ether oxygens (including phenoxy) is 1. The van der Waals surface area contributed by atoms with Crippen LogP contribution in [0.25, 0.3) is 11.1 Å². The molecule has 1 fully saturated rings. The Labute approximate surface area is 198 Å². The lowest BCUT2D eigenvalue weighted by atomic mass is 9.85. The van der Waals surface area contributed by atoms with Crippen molar-refractivity contribution in [2.24, 2.45) is 5.92 Å². The van der Waals surface area contributed by atoms with Crippen LogP contribution in [-0.2, 0) is 6.42 Å². The van der Waals surface area contributed by atoms with Gasteiger partial charge in [0.25, 0.3) is 0 Å². The van der Waals surface area contributed by atoms with Crippen molar-refractivity contribution in [3.63, 3.8) is 0 Å². The van der Waals surface area contributed by atoms with Gasteiger partial charge in [-0.15, -0.1) is 0 Å². The van der Waals surface area contributed by atoms with Crippen LogP contribution in [0, 0.1) is 5.92 Å². The highest BCUT2D eigenvalue weighted by Gasteiger charge is 2.13. The number of unbranched alkanes of at least 4 members (excludes halogenated alkanes) is 8. The zero-order chi connectivity index (χ0) is 22.3. The Bertz CT molecular complexity index is 709. The Morgan fingerprint density at radius 3 is 1.84 bits per heavy atom. The fraction of sp³-hybridized carbons (Fsp3) is 0.613. The van der Waals surface area contributed by atoms with Gasteiger partial charge in [0.15, 0.2) is 0 Å². The second-order valence-electron chi connectivity index (χ2n) is 9.94. The fourth-order valence-electron chi connectivity index (χ4n) is 5.06. The molecule has 0 bridgehead atoms. The molecule has 0 spiro atoms. The average Bonchev–Trinajstić information content (AvgIpc) is 2.85. The lowest BCUT2D eigenvalue weighted by Gasteiger charge is -2.21. The predicted molar refractivity (Wildman–Crippen MR) is 139 cm³/mol. The highest BCUT2D eigenvalue weighted by molar-refractivity contribution is 5.64. The van der Waals surface area contributed by atoms with Crippen LogP contribution in [0.15, 0.2) is 48.5 Å². The number of rotatable bonds is 15. The van der Waals surface area contributed by atoms with E-state index >= 15 is 0 Å². The van der Waals surface area contributed by atoms with E-state index in [1.165, 1.54) is 119 Å². The minimum Gasteiger partial charge on any atom is -0.494 e. The summed E-state index contributed by atoms with van der Waals surface area (Å²) in [5.74, 6) is 1.96. The molecule has 0 saturated heterocycles. The number of aryl methyl sites for hydroxylation is 1. The van der Waals surface area contributed by atoms with Crippen LogP contribution in [0.2, 0.25) is 0 Å². The molecule has 1 aliphatic carbocycles. The third kappa shape index (κ3) is 9.39. The van der Waals surface area contributed by atoms with Gasteiger partial charge in [-0.05, 0) is 54.0 Å². The quantitative estimate of drug-likeness (QED) is 0.253. The van der Waals surface area contributed by atoms with Crippen LogP contribution in [0.4, 0.5) is 0 Å². The first-order chi connectivity index (χ1) is 15.8. The number of benzene rings is 2. The smallest absolute Gasteiger partial charge is 0.119 e. The molecular formula is C31H46O. The summed E-state index contributed by atoms with van der Waals surface area (Å²) in [6, 6.07) is 17.9. The first-order valence-corrected chi connectivity index (χ1v) is 13.7. The third-order valence-electron chi connectivity index (χ3n) is 7.22. The van der Waals surface area contributed by atoms with Crippen molar-refractivity contribution in [3.05, 3.63) is 54.1 Å². The largest absolute Gasteiger partial charge is 0.494 e. The van der Waals surface area contributed by atoms with Crippen LogP contribution in [-0.4, -0.2) is 6.61 Å². The Morgan fingerprint density at radius 1 is 0.656 bits per heavy atom. The maximum absolute atomic E-state index is 5.97. The molecule has 0 N–H and O–H groups in total. The summed E-state index contributed by atoms with van der Waals surface area (Å²) in [5, 5.41) is 0. The van der Waals surface area contributed by atoms with E-state index in [-0.39, 0.29) is 0 Å². The molecule has 0 amide bonds. The molecule has 0 radical (unpaired) electrons. The molecule has 0 atom stereocenters. The summed E-state index contributed by atoms with van der Waals surface area (Å²) < 4.78 is 5.97. The molecule has 1 nitrogen and oxygen atoms in total. The Kier molecular flexibility index (Phi) is 11.8. The molecule has 32 heavy (non-hydrogen) atoms. The Hall–Kier alpha value is -1.76. The Morgan fingerprint density at radius 2 is 1.22 bits per heavy atom. The molecule has 0 heterocycles. The van der Waals surface area contributed by atoms with Crippen molar-refractivity contribution in [2.75, 3.05) is 6.61 Å². The minimum atomic E-state index is 0.838. The summed E-state index contributed by atoms with van der Waals surface area (Å²) in [6.45, 7) is 3.12. The average molecular weight is 435 g/mol. The normalized spacial score (nSPS) is 14.5. The monoisotopic (exact) mass is 434 g/mol. The number of hydrogen-bond acceptors (Lipinski definition) is 1. The minimum absolute atomic E-state index is 0.838. The van der Waals surface area contributed by atoms with Gasteiger partial charge in [-0.2, -0.15) is 0 Å². The van der Waals surface area contributed by atoms with E-state index in [9.17, 15) is 0 Å². The highest BCUT2D eigenvalue weighted by Crippen LogP contribution is 2.28. The predicted octanol–water partition coefficient (Wildman–Crippen LogP) is 9.78. The molecule has 2 aromatic carbocycles. The van der Waals surface area contributed by atoms with E-state index < -0.39 is 0 Å². The van der Waals surface area contributed by atoms with E-state index in [1.807, 2.05) is 0 Å². The van der Waals surface area contributed by atoms with Crippen molar-refractivity contribution < 1.29 is 4.74 Å². The van der Waals surface area contributed by atoms with Crippen LogP contribution in [0.3, 0.4) is 0 Å². The van der Waals surface area contributed by atoms with Gasteiger partial charge in [0, 0.05) is 0 Å². The molecule has 0 unspecified atom stereocenters. The van der Waals surface area contributed by atoms with Crippen molar-refractivity contribution in [1.29, 1.82) is 0 Å². The molecule has 0 aliphatic heterocycles. The topological polar surface area (TPSA) is 9.23 Å². The molecule has 2 aromatic rings. The molecule has 1 heteroatoms. The van der Waals surface area contributed by atoms with Crippen LogP contribution in [0.1, 0.15) is 109 Å². The van der Waals surface area contributed by atoms with Crippen LogP contribution in [0.5, 0.6) is 5.75 Å². The molecule has 1 aliphatic rings. The molecule has 1 saturated carbocycles. The van der Waals surface area contributed by atoms with Gasteiger partial charge in [0.1, 0.15) is 5.75 Å². The van der Waals surface area contributed by atoms with Gasteiger partial charge in [0.05, 0.1) is 6.61 Å². The zero-order valence-electron chi connectivity index (χ0n) is 20.6. The lowest BCUT2D eigenvalue weighted by Crippen LogP contribution is -2.07. The van der Waals surface area contributed by atoms with Gasteiger partial charge in [0.2, 0.25) is 0 Å². The standard InChI is InChI=1S/C31H46O/c1-2-3-4-5-6-7-8-9-13-26-32-31-24-22-30(23-25-31)29-20-18-28(19-21-29)17-16-27-14-11-10-12-15-27/h18-25,27H,2-17,26H2,1H3. The van der Waals surface area contributed by atoms with Gasteiger partial charge >= 0.3 is 0 Å². The van der Waals surface area contributed by atoms with Gasteiger partial charge in [-0.25, -0.2) is 0 Å². The highest BCUT2D eigenvalue weighted by atomic mass is 16.5. The molecule has 3 rings (SSSR count). The summed E-state index contributed by atoms with van der Waals surface area (Å²) in [7, 11) is 0.